The van der Waals surface area contributed by atoms with E-state index in [-0.39, 0.29) is 24.4 Å². The largest absolute Gasteiger partial charge is 0.363 e. The lowest BCUT2D eigenvalue weighted by atomic mass is 9.94. The van der Waals surface area contributed by atoms with Crippen molar-refractivity contribution in [1.82, 2.24) is 14.9 Å². The Morgan fingerprint density at radius 3 is 2.53 bits per heavy atom. The maximum Gasteiger partial charge on any atom is 0.247 e. The summed E-state index contributed by atoms with van der Waals surface area (Å²) in [5.74, 6) is 0.432. The fraction of sp³-hybridized carbons (Fsp3) is 0.533. The van der Waals surface area contributed by atoms with Crippen LogP contribution in [0.25, 0.3) is 0 Å². The second kappa shape index (κ2) is 11.6. The van der Waals surface area contributed by atoms with E-state index in [0.717, 1.165) is 17.5 Å². The van der Waals surface area contributed by atoms with Gasteiger partial charge in [0.15, 0.2) is 6.04 Å². The van der Waals surface area contributed by atoms with Crippen LogP contribution in [0.5, 0.6) is 0 Å². The molecule has 1 heterocycles. The van der Waals surface area contributed by atoms with Crippen molar-refractivity contribution in [2.45, 2.75) is 85.9 Å². The second-order valence-corrected chi connectivity index (χ2v) is 14.1. The molecule has 0 aromatic heterocycles. The van der Waals surface area contributed by atoms with Gasteiger partial charge < -0.3 is 10.6 Å². The topological polar surface area (TPSA) is 90.9 Å². The van der Waals surface area contributed by atoms with Crippen LogP contribution in [0.4, 0.5) is 0 Å². The van der Waals surface area contributed by atoms with Crippen molar-refractivity contribution in [2.24, 2.45) is 10.4 Å². The quantitative estimate of drug-likeness (QED) is 0.440. The summed E-state index contributed by atoms with van der Waals surface area (Å²) >= 11 is 0. The Balaban J connectivity index is 1.78. The number of nitrogens with one attached hydrogen (secondary N) is 2. The van der Waals surface area contributed by atoms with Crippen LogP contribution in [0, 0.1) is 19.3 Å². The number of carbonyl (C=O) groups is 1. The molecule has 1 atom stereocenters. The van der Waals surface area contributed by atoms with E-state index >= 15 is 0 Å². The minimum atomic E-state index is -3.69. The number of aliphatic imine (C=N–C) groups is 1. The zero-order chi connectivity index (χ0) is 28.3. The molecule has 0 unspecified atom stereocenters. The lowest BCUT2D eigenvalue weighted by molar-refractivity contribution is -0.123. The van der Waals surface area contributed by atoms with Crippen molar-refractivity contribution < 1.29 is 13.2 Å². The van der Waals surface area contributed by atoms with E-state index in [2.05, 4.69) is 43.0 Å². The monoisotopic (exact) mass is 540 g/mol. The van der Waals surface area contributed by atoms with Crippen molar-refractivity contribution in [3.05, 3.63) is 70.2 Å². The molecule has 1 aliphatic carbocycles. The molecule has 2 N–H and O–H groups in total. The van der Waals surface area contributed by atoms with E-state index in [1.807, 2.05) is 52.0 Å². The zero-order valence-corrected chi connectivity index (χ0v) is 24.8. The van der Waals surface area contributed by atoms with Crippen LogP contribution in [0.15, 0.2) is 58.5 Å². The number of hydrogen-bond acceptors (Lipinski definition) is 5. The van der Waals surface area contributed by atoms with Crippen molar-refractivity contribution >= 4 is 21.8 Å². The molecule has 3 rings (SSSR count). The molecule has 0 bridgehead atoms. The molecule has 1 aromatic carbocycles. The molecule has 38 heavy (non-hydrogen) atoms. The summed E-state index contributed by atoms with van der Waals surface area (Å²) < 4.78 is 28.8. The molecule has 1 aliphatic heterocycles. The van der Waals surface area contributed by atoms with Crippen LogP contribution in [0.3, 0.4) is 0 Å². The maximum absolute atomic E-state index is 13.7. The Bertz CT molecular complexity index is 1270. The third kappa shape index (κ3) is 7.44. The van der Waals surface area contributed by atoms with E-state index in [1.54, 1.807) is 12.2 Å². The van der Waals surface area contributed by atoms with Crippen LogP contribution in [0.2, 0.25) is 0 Å². The molecule has 0 spiro atoms. The smallest absolute Gasteiger partial charge is 0.247 e. The highest BCUT2D eigenvalue weighted by Gasteiger charge is 2.41. The van der Waals surface area contributed by atoms with Gasteiger partial charge in [-0.1, -0.05) is 57.7 Å². The summed E-state index contributed by atoms with van der Waals surface area (Å²) in [4.78, 5) is 17.9. The number of allylic oxidation sites excluding steroid dienone is 3. The number of hydrogen-bond donors (Lipinski definition) is 2. The Morgan fingerprint density at radius 2 is 1.92 bits per heavy atom. The summed E-state index contributed by atoms with van der Waals surface area (Å²) in [6.07, 6.45) is 7.35. The van der Waals surface area contributed by atoms with Crippen LogP contribution in [-0.2, 0) is 21.4 Å². The molecule has 0 radical (unpaired) electrons. The van der Waals surface area contributed by atoms with E-state index in [4.69, 9.17) is 0 Å². The van der Waals surface area contributed by atoms with Gasteiger partial charge in [-0.3, -0.25) is 9.79 Å². The molecule has 0 saturated heterocycles. The maximum atomic E-state index is 13.7. The van der Waals surface area contributed by atoms with Crippen molar-refractivity contribution in [1.29, 1.82) is 0 Å². The molecule has 8 heteroatoms. The van der Waals surface area contributed by atoms with Gasteiger partial charge in [0, 0.05) is 19.6 Å². The molecule has 1 amide bonds. The Hall–Kier alpha value is -2.71. The molecule has 0 fully saturated rings. The van der Waals surface area contributed by atoms with Crippen LogP contribution in [-0.4, -0.2) is 49.1 Å². The van der Waals surface area contributed by atoms with Crippen LogP contribution >= 0.6 is 0 Å². The summed E-state index contributed by atoms with van der Waals surface area (Å²) in [6.45, 7) is 19.4. The number of rotatable bonds is 10. The number of amides is 1. The average Bonchev–Trinajstić information content (AvgIpc) is 3.17. The highest BCUT2D eigenvalue weighted by atomic mass is 32.2. The number of aryl methyl sites for hydroxylation is 2. The number of carbonyl (C=O) groups excluding carboxylic acids is 1. The van der Waals surface area contributed by atoms with Gasteiger partial charge in [0.1, 0.15) is 5.84 Å². The minimum absolute atomic E-state index is 0.0319. The highest BCUT2D eigenvalue weighted by molar-refractivity contribution is 7.93. The number of amidine groups is 1. The van der Waals surface area contributed by atoms with Gasteiger partial charge in [-0.25, -0.2) is 8.42 Å². The fourth-order valence-electron chi connectivity index (χ4n) is 4.41. The third-order valence-corrected chi connectivity index (χ3v) is 8.84. The Labute approximate surface area is 229 Å². The molecule has 2 aliphatic rings. The minimum Gasteiger partial charge on any atom is -0.363 e. The van der Waals surface area contributed by atoms with Gasteiger partial charge >= 0.3 is 0 Å². The lowest BCUT2D eigenvalue weighted by Crippen LogP contribution is -2.52. The Kier molecular flexibility index (Phi) is 9.09. The van der Waals surface area contributed by atoms with Crippen LogP contribution in [0.1, 0.15) is 70.6 Å². The van der Waals surface area contributed by atoms with Gasteiger partial charge in [-0.15, -0.1) is 0 Å². The number of sulfonamides is 1. The van der Waals surface area contributed by atoms with Crippen molar-refractivity contribution in [3.63, 3.8) is 0 Å². The first-order chi connectivity index (χ1) is 17.6. The van der Waals surface area contributed by atoms with Gasteiger partial charge in [-0.05, 0) is 80.7 Å². The molecular weight excluding hydrogens is 496 g/mol. The second-order valence-electron chi connectivity index (χ2n) is 12.2. The third-order valence-electron chi connectivity index (χ3n) is 6.95. The predicted molar refractivity (Wildman–Crippen MR) is 156 cm³/mol. The first-order valence-electron chi connectivity index (χ1n) is 13.3. The molecule has 1 aromatic rings. The van der Waals surface area contributed by atoms with Crippen molar-refractivity contribution in [3.8, 4) is 0 Å². The first kappa shape index (κ1) is 29.8. The van der Waals surface area contributed by atoms with E-state index in [9.17, 15) is 13.2 Å². The molecular formula is C30H44N4O3S. The standard InChI is InChI=1S/C30H44N4O3S/c1-21-14-15-24(18-23(21)3)19-34(38(36,37)25-12-10-9-11-13-25)17-16-22(2)27-32-26(30(7,8)33-27)28(35)31-20-29(4,5)6/h10,12-15,18,26H,2,9,11,16-17,19-20H2,1,3-8H3,(H,31,35)(H,32,33)/t26-/m0/s1. The lowest BCUT2D eigenvalue weighted by Gasteiger charge is -2.27. The van der Waals surface area contributed by atoms with E-state index in [1.165, 1.54) is 9.87 Å². The fourth-order valence-corrected chi connectivity index (χ4v) is 5.95. The van der Waals surface area contributed by atoms with E-state index < -0.39 is 21.6 Å². The van der Waals surface area contributed by atoms with E-state index in [0.29, 0.717) is 35.7 Å². The first-order valence-corrected chi connectivity index (χ1v) is 14.8. The summed E-state index contributed by atoms with van der Waals surface area (Å²) in [7, 11) is -3.69. The Morgan fingerprint density at radius 1 is 1.21 bits per heavy atom. The van der Waals surface area contributed by atoms with Gasteiger partial charge in [0.05, 0.1) is 10.4 Å². The normalized spacial score (nSPS) is 19.1. The van der Waals surface area contributed by atoms with Gasteiger partial charge in [0.2, 0.25) is 15.9 Å². The van der Waals surface area contributed by atoms with Gasteiger partial charge in [-0.2, -0.15) is 4.31 Å². The number of nitrogens with zero attached hydrogens (tertiary/aromatic N) is 2. The summed E-state index contributed by atoms with van der Waals surface area (Å²) in [6, 6.07) is 5.46. The molecule has 0 saturated carbocycles. The predicted octanol–water partition coefficient (Wildman–Crippen LogP) is 4.93. The van der Waals surface area contributed by atoms with Crippen LogP contribution < -0.4 is 10.6 Å². The average molecular weight is 541 g/mol. The molecule has 208 valence electrons. The summed E-state index contributed by atoms with van der Waals surface area (Å²) in [5, 5.41) is 6.35. The van der Waals surface area contributed by atoms with Crippen molar-refractivity contribution in [2.75, 3.05) is 13.1 Å². The summed E-state index contributed by atoms with van der Waals surface area (Å²) in [5.41, 5.74) is 3.30. The SMILES string of the molecule is C=C(CCN(Cc1ccc(C)c(C)c1)S(=O)(=O)C1=CCCC=C1)C1=N[C@@H](C(=O)NCC(C)(C)C)C(C)(C)N1. The molecule has 7 nitrogen and oxygen atoms in total. The number of benzene rings is 1. The highest BCUT2D eigenvalue weighted by Crippen LogP contribution is 2.26. The zero-order valence-electron chi connectivity index (χ0n) is 24.0. The van der Waals surface area contributed by atoms with Gasteiger partial charge in [0.25, 0.3) is 0 Å².